The summed E-state index contributed by atoms with van der Waals surface area (Å²) in [6.45, 7) is 11.0. The lowest BCUT2D eigenvalue weighted by Gasteiger charge is -2.28. The van der Waals surface area contributed by atoms with Gasteiger partial charge in [0.1, 0.15) is 12.7 Å². The van der Waals surface area contributed by atoms with Crippen LogP contribution < -0.4 is 20.1 Å². The first kappa shape index (κ1) is 15.1. The maximum Gasteiger partial charge on any atom is 0.161 e. The van der Waals surface area contributed by atoms with Crippen LogP contribution in [0.5, 0.6) is 11.5 Å². The Labute approximate surface area is 121 Å². The normalized spacial score (nSPS) is 19.7. The van der Waals surface area contributed by atoms with Gasteiger partial charge in [-0.25, -0.2) is 0 Å². The summed E-state index contributed by atoms with van der Waals surface area (Å²) >= 11 is 0. The Morgan fingerprint density at radius 1 is 1.25 bits per heavy atom. The molecule has 20 heavy (non-hydrogen) atoms. The van der Waals surface area contributed by atoms with Gasteiger partial charge < -0.3 is 20.1 Å². The highest BCUT2D eigenvalue weighted by molar-refractivity contribution is 5.40. The van der Waals surface area contributed by atoms with E-state index in [4.69, 9.17) is 9.47 Å². The molecule has 1 heterocycles. The van der Waals surface area contributed by atoms with E-state index in [1.807, 2.05) is 24.3 Å². The molecular formula is C16H26N2O2. The molecule has 0 amide bonds. The molecule has 0 aromatic heterocycles. The fourth-order valence-corrected chi connectivity index (χ4v) is 2.03. The SMILES string of the molecule is CC(CNC(C)(C)C)NCC1COc2ccccc2O1. The van der Waals surface area contributed by atoms with Gasteiger partial charge in [-0.15, -0.1) is 0 Å². The third-order valence-electron chi connectivity index (χ3n) is 3.20. The molecule has 112 valence electrons. The number of benzene rings is 1. The maximum atomic E-state index is 5.92. The van der Waals surface area contributed by atoms with Gasteiger partial charge in [0.15, 0.2) is 11.5 Å². The van der Waals surface area contributed by atoms with Crippen molar-refractivity contribution in [1.29, 1.82) is 0 Å². The largest absolute Gasteiger partial charge is 0.486 e. The van der Waals surface area contributed by atoms with Crippen molar-refractivity contribution in [2.24, 2.45) is 0 Å². The molecule has 0 spiro atoms. The van der Waals surface area contributed by atoms with Crippen LogP contribution in [0.15, 0.2) is 24.3 Å². The highest BCUT2D eigenvalue weighted by atomic mass is 16.6. The Morgan fingerprint density at radius 3 is 2.65 bits per heavy atom. The van der Waals surface area contributed by atoms with Crippen LogP contribution in [0.3, 0.4) is 0 Å². The smallest absolute Gasteiger partial charge is 0.161 e. The molecule has 1 aliphatic heterocycles. The summed E-state index contributed by atoms with van der Waals surface area (Å²) in [5.74, 6) is 1.68. The molecule has 0 fully saturated rings. The van der Waals surface area contributed by atoms with Gasteiger partial charge in [-0.05, 0) is 39.8 Å². The van der Waals surface area contributed by atoms with E-state index in [0.29, 0.717) is 12.6 Å². The molecule has 1 aromatic carbocycles. The molecule has 0 bridgehead atoms. The minimum absolute atomic E-state index is 0.0713. The van der Waals surface area contributed by atoms with Gasteiger partial charge in [0.2, 0.25) is 0 Å². The highest BCUT2D eigenvalue weighted by Crippen LogP contribution is 2.30. The molecule has 2 N–H and O–H groups in total. The summed E-state index contributed by atoms with van der Waals surface area (Å²) in [7, 11) is 0. The summed E-state index contributed by atoms with van der Waals surface area (Å²) < 4.78 is 11.6. The molecule has 0 saturated heterocycles. The lowest BCUT2D eigenvalue weighted by atomic mass is 10.1. The molecule has 0 aliphatic carbocycles. The van der Waals surface area contributed by atoms with E-state index >= 15 is 0 Å². The summed E-state index contributed by atoms with van der Waals surface area (Å²) in [5.41, 5.74) is 0.152. The van der Waals surface area contributed by atoms with Crippen LogP contribution in [0, 0.1) is 0 Å². The summed E-state index contributed by atoms with van der Waals surface area (Å²) in [5, 5.41) is 6.98. The maximum absolute atomic E-state index is 5.92. The van der Waals surface area contributed by atoms with Crippen molar-refractivity contribution in [1.82, 2.24) is 10.6 Å². The molecule has 0 saturated carbocycles. The molecule has 2 rings (SSSR count). The molecule has 2 atom stereocenters. The fourth-order valence-electron chi connectivity index (χ4n) is 2.03. The zero-order valence-corrected chi connectivity index (χ0v) is 12.9. The molecule has 0 radical (unpaired) electrons. The van der Waals surface area contributed by atoms with Crippen LogP contribution in [0.4, 0.5) is 0 Å². The Kier molecular flexibility index (Phi) is 4.89. The van der Waals surface area contributed by atoms with E-state index in [1.165, 1.54) is 0 Å². The minimum Gasteiger partial charge on any atom is -0.486 e. The van der Waals surface area contributed by atoms with Gasteiger partial charge in [-0.3, -0.25) is 0 Å². The number of nitrogens with one attached hydrogen (secondary N) is 2. The Bertz CT molecular complexity index is 429. The van der Waals surface area contributed by atoms with Crippen molar-refractivity contribution in [3.8, 4) is 11.5 Å². The summed E-state index contributed by atoms with van der Waals surface area (Å²) in [6, 6.07) is 8.21. The zero-order valence-electron chi connectivity index (χ0n) is 12.9. The quantitative estimate of drug-likeness (QED) is 0.866. The van der Waals surface area contributed by atoms with E-state index in [1.54, 1.807) is 0 Å². The first-order valence-electron chi connectivity index (χ1n) is 7.31. The van der Waals surface area contributed by atoms with E-state index in [9.17, 15) is 0 Å². The van der Waals surface area contributed by atoms with Crippen LogP contribution in [-0.2, 0) is 0 Å². The monoisotopic (exact) mass is 278 g/mol. The second kappa shape index (κ2) is 6.46. The fraction of sp³-hybridized carbons (Fsp3) is 0.625. The number of rotatable bonds is 5. The number of hydrogen-bond donors (Lipinski definition) is 2. The zero-order chi connectivity index (χ0) is 14.6. The van der Waals surface area contributed by atoms with E-state index < -0.39 is 0 Å². The van der Waals surface area contributed by atoms with Crippen molar-refractivity contribution >= 4 is 0 Å². The van der Waals surface area contributed by atoms with Crippen LogP contribution >= 0.6 is 0 Å². The predicted octanol–water partition coefficient (Wildman–Crippen LogP) is 2.19. The Morgan fingerprint density at radius 2 is 1.95 bits per heavy atom. The van der Waals surface area contributed by atoms with E-state index in [2.05, 4.69) is 38.3 Å². The summed E-state index contributed by atoms with van der Waals surface area (Å²) in [4.78, 5) is 0. The number of fused-ring (bicyclic) bond motifs is 1. The topological polar surface area (TPSA) is 42.5 Å². The van der Waals surface area contributed by atoms with E-state index in [0.717, 1.165) is 24.6 Å². The molecular weight excluding hydrogens is 252 g/mol. The Hall–Kier alpha value is -1.26. The molecule has 1 aromatic rings. The second-order valence-electron chi connectivity index (χ2n) is 6.44. The number of para-hydroxylation sites is 2. The lowest BCUT2D eigenvalue weighted by Crippen LogP contribution is -2.48. The average Bonchev–Trinajstić information content (AvgIpc) is 2.42. The van der Waals surface area contributed by atoms with Gasteiger partial charge >= 0.3 is 0 Å². The molecule has 4 heteroatoms. The van der Waals surface area contributed by atoms with Crippen LogP contribution in [0.2, 0.25) is 0 Å². The lowest BCUT2D eigenvalue weighted by molar-refractivity contribution is 0.0884. The molecule has 4 nitrogen and oxygen atoms in total. The second-order valence-corrected chi connectivity index (χ2v) is 6.44. The number of ether oxygens (including phenoxy) is 2. The van der Waals surface area contributed by atoms with Gasteiger partial charge in [-0.2, -0.15) is 0 Å². The predicted molar refractivity (Wildman–Crippen MR) is 81.6 cm³/mol. The standard InChI is InChI=1S/C16H26N2O2/c1-12(9-18-16(2,3)4)17-10-13-11-19-14-7-5-6-8-15(14)20-13/h5-8,12-13,17-18H,9-11H2,1-4H3. The average molecular weight is 278 g/mol. The van der Waals surface area contributed by atoms with E-state index in [-0.39, 0.29) is 11.6 Å². The highest BCUT2D eigenvalue weighted by Gasteiger charge is 2.21. The van der Waals surface area contributed by atoms with Gasteiger partial charge in [0, 0.05) is 24.7 Å². The van der Waals surface area contributed by atoms with Gasteiger partial charge in [-0.1, -0.05) is 12.1 Å². The van der Waals surface area contributed by atoms with Crippen molar-refractivity contribution in [3.05, 3.63) is 24.3 Å². The first-order chi connectivity index (χ1) is 9.44. The van der Waals surface area contributed by atoms with Gasteiger partial charge in [0.25, 0.3) is 0 Å². The molecule has 2 unspecified atom stereocenters. The van der Waals surface area contributed by atoms with Crippen molar-refractivity contribution in [2.45, 2.75) is 45.4 Å². The Balaban J connectivity index is 1.73. The van der Waals surface area contributed by atoms with Crippen LogP contribution in [-0.4, -0.2) is 37.4 Å². The third-order valence-corrected chi connectivity index (χ3v) is 3.20. The molecule has 1 aliphatic rings. The number of hydrogen-bond acceptors (Lipinski definition) is 4. The van der Waals surface area contributed by atoms with Crippen molar-refractivity contribution < 1.29 is 9.47 Å². The van der Waals surface area contributed by atoms with Crippen LogP contribution in [0.1, 0.15) is 27.7 Å². The van der Waals surface area contributed by atoms with Gasteiger partial charge in [0.05, 0.1) is 0 Å². The first-order valence-corrected chi connectivity index (χ1v) is 7.31. The minimum atomic E-state index is 0.0713. The van der Waals surface area contributed by atoms with Crippen molar-refractivity contribution in [2.75, 3.05) is 19.7 Å². The summed E-state index contributed by atoms with van der Waals surface area (Å²) in [6.07, 6.45) is 0.0713. The van der Waals surface area contributed by atoms with Crippen molar-refractivity contribution in [3.63, 3.8) is 0 Å². The third kappa shape index (κ3) is 4.69. The van der Waals surface area contributed by atoms with Crippen LogP contribution in [0.25, 0.3) is 0 Å².